The van der Waals surface area contributed by atoms with E-state index in [1.807, 2.05) is 50.2 Å². The van der Waals surface area contributed by atoms with Crippen LogP contribution in [-0.4, -0.2) is 19.7 Å². The van der Waals surface area contributed by atoms with Crippen molar-refractivity contribution in [1.82, 2.24) is 0 Å². The molecule has 4 aromatic carbocycles. The zero-order chi connectivity index (χ0) is 39.5. The number of ether oxygens (including phenoxy) is 2. The van der Waals surface area contributed by atoms with Crippen LogP contribution in [0.15, 0.2) is 106 Å². The molecule has 56 heavy (non-hydrogen) atoms. The van der Waals surface area contributed by atoms with Crippen LogP contribution < -0.4 is 9.47 Å². The average molecular weight is 879 g/mol. The van der Waals surface area contributed by atoms with Crippen molar-refractivity contribution in [1.29, 1.82) is 0 Å². The molecule has 0 spiro atoms. The molecule has 0 bridgehead atoms. The molecule has 2 aromatic heterocycles. The number of fused-ring (bicyclic) bond motifs is 2. The average Bonchev–Trinajstić information content (AvgIpc) is 4.02. The zero-order valence-electron chi connectivity index (χ0n) is 33.4. The number of aryl methyl sites for hydroxylation is 4. The van der Waals surface area contributed by atoms with Gasteiger partial charge in [0.15, 0.2) is 0 Å². The zero-order valence-corrected chi connectivity index (χ0v) is 38.3. The van der Waals surface area contributed by atoms with Crippen molar-refractivity contribution in [2.24, 2.45) is 0 Å². The van der Waals surface area contributed by atoms with Gasteiger partial charge in [-0.3, -0.25) is 0 Å². The number of methoxy groups -OCH3 is 2. The van der Waals surface area contributed by atoms with Crippen molar-refractivity contribution in [2.45, 2.75) is 60.9 Å². The van der Waals surface area contributed by atoms with E-state index in [-0.39, 0.29) is 7.25 Å². The Morgan fingerprint density at radius 3 is 1.34 bits per heavy atom. The predicted molar refractivity (Wildman–Crippen MR) is 233 cm³/mol. The molecule has 8 heteroatoms. The summed E-state index contributed by atoms with van der Waals surface area (Å²) in [4.78, 5) is 0. The van der Waals surface area contributed by atoms with Crippen LogP contribution in [0.3, 0.4) is 0 Å². The fraction of sp³-hybridized carbons (Fsp3) is 0.250. The van der Waals surface area contributed by atoms with E-state index in [0.29, 0.717) is 0 Å². The Morgan fingerprint density at radius 1 is 0.589 bits per heavy atom. The van der Waals surface area contributed by atoms with Gasteiger partial charge in [0.2, 0.25) is 0 Å². The van der Waals surface area contributed by atoms with Gasteiger partial charge in [-0.15, -0.1) is 0 Å². The maximum absolute atomic E-state index is 8.97. The molecule has 0 saturated heterocycles. The summed E-state index contributed by atoms with van der Waals surface area (Å²) in [7, 11) is 21.4. The van der Waals surface area contributed by atoms with Gasteiger partial charge in [0, 0.05) is 0 Å². The van der Waals surface area contributed by atoms with Crippen molar-refractivity contribution in [3.8, 4) is 33.8 Å². The second-order valence-electron chi connectivity index (χ2n) is 15.4. The quantitative estimate of drug-likeness (QED) is 0.129. The summed E-state index contributed by atoms with van der Waals surface area (Å²) in [6.07, 6.45) is 6.38. The summed E-state index contributed by atoms with van der Waals surface area (Å²) in [6, 6.07) is 34.0. The molecule has 4 nitrogen and oxygen atoms in total. The molecule has 8 rings (SSSR count). The molecular formula is C48H48Cl2O4SiZr. The number of rotatable bonds is 10. The van der Waals surface area contributed by atoms with Gasteiger partial charge in [-0.1, -0.05) is 0 Å². The number of allylic oxidation sites excluding steroid dienone is 2. The number of hydrogen-bond donors (Lipinski definition) is 0. The van der Waals surface area contributed by atoms with E-state index in [0.717, 1.165) is 103 Å². The van der Waals surface area contributed by atoms with Crippen LogP contribution in [-0.2, 0) is 27.9 Å². The summed E-state index contributed by atoms with van der Waals surface area (Å²) in [6.45, 7) is 13.1. The molecule has 2 aliphatic rings. The second-order valence-corrected chi connectivity index (χ2v) is 54.1. The van der Waals surface area contributed by atoms with Crippen LogP contribution in [0.1, 0.15) is 77.5 Å². The molecule has 2 aliphatic carbocycles. The summed E-state index contributed by atoms with van der Waals surface area (Å²) in [5.74, 6) is 4.98. The predicted octanol–water partition coefficient (Wildman–Crippen LogP) is 14.1. The first-order valence-electron chi connectivity index (χ1n) is 19.5. The third-order valence-corrected chi connectivity index (χ3v) is 58.4. The van der Waals surface area contributed by atoms with Gasteiger partial charge in [0.25, 0.3) is 0 Å². The standard InChI is InChI=1S/2C23H21O2.C2H6Si.2ClH.Zr/c2*1-4-16-10-11-17-13-18(21-12-9-15(2)25-21)14-20(17)23(16)19-7-5-6-8-22(19)24-3;1-3-2;;;/h2*5-14H,4H2,1-3H3;1-2H3;2*1H;/q;;;;;+2/p-2. The molecule has 0 N–H and O–H groups in total. The third kappa shape index (κ3) is 6.01. The van der Waals surface area contributed by atoms with Gasteiger partial charge in [-0.05, 0) is 0 Å². The van der Waals surface area contributed by atoms with Gasteiger partial charge in [0.05, 0.1) is 0 Å². The van der Waals surface area contributed by atoms with Crippen molar-refractivity contribution in [3.05, 3.63) is 153 Å². The monoisotopic (exact) mass is 876 g/mol. The third-order valence-electron chi connectivity index (χ3n) is 12.2. The first kappa shape index (κ1) is 39.0. The summed E-state index contributed by atoms with van der Waals surface area (Å²) in [5.41, 5.74) is 12.1. The second kappa shape index (κ2) is 14.9. The number of para-hydroxylation sites is 2. The first-order chi connectivity index (χ1) is 26.9. The van der Waals surface area contributed by atoms with Crippen LogP contribution in [0.25, 0.3) is 45.6 Å². The van der Waals surface area contributed by atoms with E-state index in [9.17, 15) is 0 Å². The van der Waals surface area contributed by atoms with Gasteiger partial charge in [0.1, 0.15) is 0 Å². The van der Waals surface area contributed by atoms with E-state index < -0.39 is 20.4 Å². The van der Waals surface area contributed by atoms with Crippen LogP contribution in [0, 0.1) is 13.8 Å². The van der Waals surface area contributed by atoms with Gasteiger partial charge in [-0.25, -0.2) is 0 Å². The van der Waals surface area contributed by atoms with Crippen LogP contribution >= 0.6 is 17.0 Å². The van der Waals surface area contributed by atoms with E-state index in [1.165, 1.54) is 11.1 Å². The Bertz CT molecular complexity index is 2500. The topological polar surface area (TPSA) is 44.7 Å². The van der Waals surface area contributed by atoms with Gasteiger partial charge in [-0.2, -0.15) is 0 Å². The number of halogens is 2. The SMILES string of the molecule is CCc1ccc2c(c1-c1ccccc1OC)C=C(c1ccc(C)o1)[CH]2[Zr]([Cl])([Cl])([CH]1C(c2ccc(C)o2)=Cc2c1ccc(CC)c2-c1ccccc1OC)=[Si](C)C. The Hall–Kier alpha value is -3.80. The van der Waals surface area contributed by atoms with Crippen LogP contribution in [0.2, 0.25) is 13.1 Å². The molecule has 0 radical (unpaired) electrons. The van der Waals surface area contributed by atoms with Gasteiger partial charge >= 0.3 is 341 Å². The molecular weight excluding hydrogens is 831 g/mol. The maximum atomic E-state index is 8.97. The van der Waals surface area contributed by atoms with Crippen molar-refractivity contribution in [3.63, 3.8) is 0 Å². The molecule has 286 valence electrons. The van der Waals surface area contributed by atoms with Crippen LogP contribution in [0.5, 0.6) is 11.5 Å². The minimum atomic E-state index is -5.46. The van der Waals surface area contributed by atoms with Crippen molar-refractivity contribution < 1.29 is 33.3 Å². The molecule has 6 aromatic rings. The fourth-order valence-electron chi connectivity index (χ4n) is 9.41. The minimum absolute atomic E-state index is 0.278. The normalized spacial score (nSPS) is 16.3. The molecule has 2 heterocycles. The van der Waals surface area contributed by atoms with Crippen LogP contribution in [0.4, 0.5) is 0 Å². The van der Waals surface area contributed by atoms with Crippen molar-refractivity contribution in [2.75, 3.05) is 14.2 Å². The molecule has 0 aliphatic heterocycles. The fourth-order valence-corrected chi connectivity index (χ4v) is 37.1. The van der Waals surface area contributed by atoms with E-state index in [4.69, 9.17) is 35.3 Å². The summed E-state index contributed by atoms with van der Waals surface area (Å²) >= 11 is -5.46. The summed E-state index contributed by atoms with van der Waals surface area (Å²) < 4.78 is 24.6. The van der Waals surface area contributed by atoms with Crippen molar-refractivity contribution >= 4 is 45.8 Å². The Balaban J connectivity index is 1.49. The van der Waals surface area contributed by atoms with E-state index in [2.05, 4.69) is 99.8 Å². The molecule has 2 atom stereocenters. The summed E-state index contributed by atoms with van der Waals surface area (Å²) in [5, 5.41) is 0. The number of hydrogen-bond acceptors (Lipinski definition) is 4. The number of furan rings is 2. The van der Waals surface area contributed by atoms with E-state index >= 15 is 0 Å². The van der Waals surface area contributed by atoms with Gasteiger partial charge < -0.3 is 0 Å². The Labute approximate surface area is 338 Å². The number of benzene rings is 4. The Morgan fingerprint density at radius 2 is 1.00 bits per heavy atom. The molecule has 0 amide bonds. The molecule has 0 saturated carbocycles. The molecule has 2 unspecified atom stereocenters. The Kier molecular flexibility index (Phi) is 10.4. The molecule has 0 fully saturated rings. The van der Waals surface area contributed by atoms with E-state index in [1.54, 1.807) is 14.2 Å². The first-order valence-corrected chi connectivity index (χ1v) is 34.8.